The van der Waals surface area contributed by atoms with E-state index in [2.05, 4.69) is 26.8 Å². The van der Waals surface area contributed by atoms with Crippen LogP contribution in [0.2, 0.25) is 0 Å². The zero-order valence-corrected chi connectivity index (χ0v) is 15.9. The molecular weight excluding hydrogens is 356 g/mol. The van der Waals surface area contributed by atoms with Crippen LogP contribution in [-0.2, 0) is 19.0 Å². The maximum absolute atomic E-state index is 12.0. The van der Waals surface area contributed by atoms with E-state index >= 15 is 0 Å². The summed E-state index contributed by atoms with van der Waals surface area (Å²) in [5.74, 6) is 0.843. The van der Waals surface area contributed by atoms with Gasteiger partial charge in [-0.1, -0.05) is 20.8 Å². The molecule has 0 bridgehead atoms. The van der Waals surface area contributed by atoms with Crippen LogP contribution >= 0.6 is 11.6 Å². The second-order valence-electron chi connectivity index (χ2n) is 9.33. The number of hydrogen-bond acceptors (Lipinski definition) is 5. The van der Waals surface area contributed by atoms with E-state index in [1.807, 2.05) is 0 Å². The number of ether oxygens (including phenoxy) is 3. The monoisotopic (exact) mass is 378 g/mol. The van der Waals surface area contributed by atoms with Crippen LogP contribution in [0.15, 0.2) is 23.0 Å². The van der Waals surface area contributed by atoms with Crippen LogP contribution in [0.4, 0.5) is 0 Å². The number of hydrogen-bond donors (Lipinski definition) is 1. The SMILES string of the molecule is CC(C)[C@@H]1[C@H](Cl)[C@@H]2O[C@@]23[C@@]2(C)CCC4=C(COC4=O)[C@@H]2C=C2O[C@@]23[C@@H]1O. The third kappa shape index (κ3) is 1.37. The first-order chi connectivity index (χ1) is 12.3. The molecule has 2 spiro atoms. The Morgan fingerprint density at radius 1 is 1.38 bits per heavy atom. The lowest BCUT2D eigenvalue weighted by atomic mass is 9.48. The molecule has 3 heterocycles. The number of fused-ring (bicyclic) bond motifs is 2. The van der Waals surface area contributed by atoms with E-state index in [9.17, 15) is 9.90 Å². The van der Waals surface area contributed by atoms with E-state index < -0.39 is 17.3 Å². The van der Waals surface area contributed by atoms with Crippen molar-refractivity contribution in [2.75, 3.05) is 6.61 Å². The third-order valence-electron chi connectivity index (χ3n) is 8.13. The van der Waals surface area contributed by atoms with Gasteiger partial charge in [-0.05, 0) is 30.4 Å². The van der Waals surface area contributed by atoms with E-state index in [-0.39, 0.29) is 40.6 Å². The number of aliphatic hydroxyl groups is 1. The quantitative estimate of drug-likeness (QED) is 0.430. The highest BCUT2D eigenvalue weighted by Gasteiger charge is 2.93. The smallest absolute Gasteiger partial charge is 0.334 e. The van der Waals surface area contributed by atoms with Crippen molar-refractivity contribution in [3.8, 4) is 0 Å². The molecule has 3 fully saturated rings. The van der Waals surface area contributed by atoms with Gasteiger partial charge in [0.2, 0.25) is 5.60 Å². The van der Waals surface area contributed by atoms with Crippen molar-refractivity contribution in [2.45, 2.75) is 62.4 Å². The summed E-state index contributed by atoms with van der Waals surface area (Å²) in [5.41, 5.74) is 0.266. The number of halogens is 1. The maximum Gasteiger partial charge on any atom is 0.334 e. The Kier molecular flexibility index (Phi) is 2.66. The molecule has 1 saturated carbocycles. The molecule has 0 radical (unpaired) electrons. The Morgan fingerprint density at radius 2 is 2.15 bits per heavy atom. The van der Waals surface area contributed by atoms with E-state index in [0.29, 0.717) is 13.0 Å². The fraction of sp³-hybridized carbons (Fsp3) is 0.750. The van der Waals surface area contributed by atoms with Gasteiger partial charge >= 0.3 is 5.97 Å². The van der Waals surface area contributed by atoms with E-state index in [0.717, 1.165) is 23.3 Å². The standard InChI is InChI=1S/C20H23ClO5/c1-8(2)13-14(21)16-20(26-16)18(3)5-4-9-10(7-24-17(9)23)11(18)6-12-19(20,25-12)15(13)22/h6,8,11,13-16,22H,4-5,7H2,1-3H3/t11-,13+,14-,15+,16-,18-,19+,20+/m0/s1. The maximum atomic E-state index is 12.0. The number of carbonyl (C=O) groups excluding carboxylic acids is 1. The number of esters is 1. The van der Waals surface area contributed by atoms with Crippen LogP contribution in [0.3, 0.4) is 0 Å². The largest absolute Gasteiger partial charge is 0.474 e. The van der Waals surface area contributed by atoms with Crippen molar-refractivity contribution in [3.63, 3.8) is 0 Å². The highest BCUT2D eigenvalue weighted by Crippen LogP contribution is 2.79. The van der Waals surface area contributed by atoms with Crippen molar-refractivity contribution in [1.29, 1.82) is 0 Å². The molecule has 1 N–H and O–H groups in total. The Labute approximate surface area is 157 Å². The van der Waals surface area contributed by atoms with Gasteiger partial charge in [-0.2, -0.15) is 0 Å². The van der Waals surface area contributed by atoms with Gasteiger partial charge in [-0.25, -0.2) is 4.79 Å². The van der Waals surface area contributed by atoms with Gasteiger partial charge in [0.15, 0.2) is 5.60 Å². The molecule has 6 aliphatic rings. The van der Waals surface area contributed by atoms with Gasteiger partial charge in [0, 0.05) is 22.8 Å². The molecule has 6 rings (SSSR count). The van der Waals surface area contributed by atoms with Crippen LogP contribution in [0.25, 0.3) is 0 Å². The van der Waals surface area contributed by atoms with Crippen molar-refractivity contribution >= 4 is 17.6 Å². The van der Waals surface area contributed by atoms with E-state index in [1.165, 1.54) is 0 Å². The summed E-state index contributed by atoms with van der Waals surface area (Å²) in [6.07, 6.45) is 2.81. The molecule has 26 heavy (non-hydrogen) atoms. The third-order valence-corrected chi connectivity index (χ3v) is 8.65. The molecule has 3 aliphatic heterocycles. The van der Waals surface area contributed by atoms with Crippen molar-refractivity contribution in [2.24, 2.45) is 23.2 Å². The normalized spacial score (nSPS) is 55.7. The molecule has 0 aromatic heterocycles. The van der Waals surface area contributed by atoms with Crippen molar-refractivity contribution in [1.82, 2.24) is 0 Å². The minimum Gasteiger partial charge on any atom is -0.474 e. The molecule has 2 saturated heterocycles. The van der Waals surface area contributed by atoms with Gasteiger partial charge in [-0.3, -0.25) is 0 Å². The summed E-state index contributed by atoms with van der Waals surface area (Å²) in [7, 11) is 0. The topological polar surface area (TPSA) is 71.6 Å². The van der Waals surface area contributed by atoms with Crippen LogP contribution in [-0.4, -0.2) is 46.5 Å². The van der Waals surface area contributed by atoms with E-state index in [1.54, 1.807) is 0 Å². The van der Waals surface area contributed by atoms with E-state index in [4.69, 9.17) is 25.8 Å². The number of allylic oxidation sites excluding steroid dienone is 1. The summed E-state index contributed by atoms with van der Waals surface area (Å²) in [4.78, 5) is 12.0. The number of rotatable bonds is 1. The van der Waals surface area contributed by atoms with Crippen molar-refractivity contribution < 1.29 is 24.1 Å². The van der Waals surface area contributed by atoms with Gasteiger partial charge in [0.25, 0.3) is 0 Å². The highest BCUT2D eigenvalue weighted by atomic mass is 35.5. The molecule has 0 unspecified atom stereocenters. The second kappa shape index (κ2) is 4.34. The van der Waals surface area contributed by atoms with Gasteiger partial charge in [0.1, 0.15) is 24.6 Å². The fourth-order valence-corrected chi connectivity index (χ4v) is 7.43. The average Bonchev–Trinajstić information content (AvgIpc) is 3.45. The predicted octanol–water partition coefficient (Wildman–Crippen LogP) is 2.31. The summed E-state index contributed by atoms with van der Waals surface area (Å²) >= 11 is 6.84. The van der Waals surface area contributed by atoms with Crippen LogP contribution in [0.1, 0.15) is 33.6 Å². The summed E-state index contributed by atoms with van der Waals surface area (Å²) in [6, 6.07) is 0. The number of cyclic esters (lactones) is 1. The van der Waals surface area contributed by atoms with Crippen LogP contribution < -0.4 is 0 Å². The van der Waals surface area contributed by atoms with Gasteiger partial charge in [0.05, 0.1) is 5.38 Å². The second-order valence-corrected chi connectivity index (χ2v) is 9.83. The zero-order chi connectivity index (χ0) is 18.2. The minimum absolute atomic E-state index is 0.0417. The summed E-state index contributed by atoms with van der Waals surface area (Å²) in [5, 5.41) is 11.1. The first kappa shape index (κ1) is 16.0. The highest BCUT2D eigenvalue weighted by molar-refractivity contribution is 6.21. The Bertz CT molecular complexity index is 817. The lowest BCUT2D eigenvalue weighted by Gasteiger charge is -2.52. The average molecular weight is 379 g/mol. The number of aliphatic hydroxyl groups excluding tert-OH is 1. The Balaban J connectivity index is 1.53. The number of epoxide rings is 2. The number of alkyl halides is 1. The Hall–Kier alpha value is -1.04. The lowest BCUT2D eigenvalue weighted by molar-refractivity contribution is -0.136. The molecule has 0 aromatic carbocycles. The minimum atomic E-state index is -0.759. The molecule has 140 valence electrons. The van der Waals surface area contributed by atoms with Crippen LogP contribution in [0, 0.1) is 23.2 Å². The first-order valence-corrected chi connectivity index (χ1v) is 10.0. The van der Waals surface area contributed by atoms with Crippen LogP contribution in [0.5, 0.6) is 0 Å². The predicted molar refractivity (Wildman–Crippen MR) is 92.3 cm³/mol. The molecule has 0 aromatic rings. The molecule has 6 heteroatoms. The summed E-state index contributed by atoms with van der Waals surface area (Å²) in [6.45, 7) is 6.75. The molecule has 0 amide bonds. The lowest BCUT2D eigenvalue weighted by Crippen LogP contribution is -2.66. The molecule has 5 nitrogen and oxygen atoms in total. The fourth-order valence-electron chi connectivity index (χ4n) is 6.77. The summed E-state index contributed by atoms with van der Waals surface area (Å²) < 4.78 is 17.9. The first-order valence-electron chi connectivity index (χ1n) is 9.60. The molecule has 3 aliphatic carbocycles. The van der Waals surface area contributed by atoms with Crippen molar-refractivity contribution in [3.05, 3.63) is 23.0 Å². The number of carbonyl (C=O) groups is 1. The molecular formula is C20H23ClO5. The molecule has 8 atom stereocenters. The Morgan fingerprint density at radius 3 is 2.88 bits per heavy atom. The zero-order valence-electron chi connectivity index (χ0n) is 15.1. The van der Waals surface area contributed by atoms with Gasteiger partial charge < -0.3 is 19.3 Å². The van der Waals surface area contributed by atoms with Gasteiger partial charge in [-0.15, -0.1) is 11.6 Å².